The van der Waals surface area contributed by atoms with Crippen LogP contribution in [0.25, 0.3) is 0 Å². The summed E-state index contributed by atoms with van der Waals surface area (Å²) in [5, 5.41) is 0. The number of fused-ring (bicyclic) bond motifs is 1. The minimum atomic E-state index is -1.97. The molecule has 2 aliphatic carbocycles. The maximum Gasteiger partial charge on any atom is 0.258 e. The monoisotopic (exact) mass is 424 g/mol. The minimum absolute atomic E-state index is 0.312. The summed E-state index contributed by atoms with van der Waals surface area (Å²) in [6.07, 6.45) is 8.11. The quantitative estimate of drug-likeness (QED) is 0.251. The van der Waals surface area contributed by atoms with Crippen molar-refractivity contribution >= 4 is 14.1 Å². The van der Waals surface area contributed by atoms with Gasteiger partial charge < -0.3 is 4.43 Å². The number of allylic oxidation sites excluding steroid dienone is 4. The van der Waals surface area contributed by atoms with Gasteiger partial charge in [-0.2, -0.15) is 0 Å². The van der Waals surface area contributed by atoms with Crippen molar-refractivity contribution in [1.82, 2.24) is 0 Å². The molecule has 30 heavy (non-hydrogen) atoms. The van der Waals surface area contributed by atoms with Gasteiger partial charge in [-0.25, -0.2) is 0 Å². The van der Waals surface area contributed by atoms with Gasteiger partial charge in [0.15, 0.2) is 5.78 Å². The van der Waals surface area contributed by atoms with Crippen LogP contribution in [0, 0.1) is 11.3 Å². The van der Waals surface area contributed by atoms with Gasteiger partial charge in [0.25, 0.3) is 8.32 Å². The molecular weight excluding hydrogens is 384 g/mol. The molecule has 164 valence electrons. The summed E-state index contributed by atoms with van der Waals surface area (Å²) in [4.78, 5) is 13.7. The van der Waals surface area contributed by atoms with Crippen LogP contribution in [-0.2, 0) is 4.43 Å². The number of ketones is 1. The van der Waals surface area contributed by atoms with Gasteiger partial charge in [-0.15, -0.1) is 0 Å². The summed E-state index contributed by atoms with van der Waals surface area (Å²) >= 11 is 0. The third-order valence-corrected chi connectivity index (χ3v) is 13.8. The highest BCUT2D eigenvalue weighted by Crippen LogP contribution is 2.53. The molecule has 2 aliphatic rings. The van der Waals surface area contributed by atoms with Gasteiger partial charge in [-0.3, -0.25) is 4.79 Å². The third kappa shape index (κ3) is 3.98. The maximum atomic E-state index is 13.7. The highest BCUT2D eigenvalue weighted by atomic mass is 28.4. The molecule has 0 bridgehead atoms. The molecule has 0 fully saturated rings. The zero-order valence-corrected chi connectivity index (χ0v) is 21.0. The summed E-state index contributed by atoms with van der Waals surface area (Å²) < 4.78 is 7.05. The highest BCUT2D eigenvalue weighted by molar-refractivity contribution is 6.77. The molecule has 3 heteroatoms. The van der Waals surface area contributed by atoms with Crippen LogP contribution in [0.5, 0.6) is 0 Å². The van der Waals surface area contributed by atoms with Crippen LogP contribution in [0.15, 0.2) is 53.8 Å². The molecule has 1 aromatic rings. The molecular formula is C27H40O2Si. The van der Waals surface area contributed by atoms with E-state index in [1.54, 1.807) is 0 Å². The van der Waals surface area contributed by atoms with Crippen molar-refractivity contribution in [3.8, 4) is 0 Å². The fourth-order valence-electron chi connectivity index (χ4n) is 6.24. The molecule has 0 heterocycles. The van der Waals surface area contributed by atoms with Crippen LogP contribution in [0.1, 0.15) is 84.5 Å². The first-order valence-corrected chi connectivity index (χ1v) is 13.9. The van der Waals surface area contributed by atoms with Crippen molar-refractivity contribution in [2.24, 2.45) is 11.3 Å². The van der Waals surface area contributed by atoms with Crippen molar-refractivity contribution in [1.29, 1.82) is 0 Å². The standard InChI is InChI=1S/C27H40O2Si/c1-19(2)30(20(3)4,21(5)6)29-25-14-16-27(15-13-22(7)17-24(27)18-25)26(28)23-11-9-8-10-12-23/h8-14,19-21,24H,15-18H2,1-7H3. The average Bonchev–Trinajstić information content (AvgIpc) is 2.71. The Morgan fingerprint density at radius 1 is 0.933 bits per heavy atom. The topological polar surface area (TPSA) is 26.3 Å². The molecule has 0 aromatic heterocycles. The largest absolute Gasteiger partial charge is 0.546 e. The smallest absolute Gasteiger partial charge is 0.258 e. The number of carbonyl (C=O) groups is 1. The van der Waals surface area contributed by atoms with Crippen molar-refractivity contribution in [3.05, 3.63) is 59.4 Å². The van der Waals surface area contributed by atoms with Crippen molar-refractivity contribution in [3.63, 3.8) is 0 Å². The lowest BCUT2D eigenvalue weighted by Crippen LogP contribution is -2.49. The molecule has 0 N–H and O–H groups in total. The van der Waals surface area contributed by atoms with Crippen LogP contribution in [0.2, 0.25) is 16.6 Å². The second-order valence-corrected chi connectivity index (χ2v) is 15.9. The molecule has 0 aliphatic heterocycles. The van der Waals surface area contributed by atoms with E-state index in [2.05, 4.69) is 60.6 Å². The van der Waals surface area contributed by atoms with E-state index in [4.69, 9.17) is 4.43 Å². The SMILES string of the molecule is CC1=CCC2(C(=O)c3ccccc3)CC=C(O[Si](C(C)C)(C(C)C)C(C)C)CC2C1. The van der Waals surface area contributed by atoms with Crippen molar-refractivity contribution < 1.29 is 9.22 Å². The van der Waals surface area contributed by atoms with Gasteiger partial charge in [0, 0.05) is 17.4 Å². The second kappa shape index (κ2) is 8.86. The maximum absolute atomic E-state index is 13.7. The number of hydrogen-bond donors (Lipinski definition) is 0. The Morgan fingerprint density at radius 3 is 2.07 bits per heavy atom. The normalized spacial score (nSPS) is 24.5. The first-order valence-electron chi connectivity index (χ1n) is 11.8. The van der Waals surface area contributed by atoms with Crippen LogP contribution < -0.4 is 0 Å². The second-order valence-electron chi connectivity index (χ2n) is 10.5. The Balaban J connectivity index is 1.95. The Morgan fingerprint density at radius 2 is 1.50 bits per heavy atom. The molecule has 3 rings (SSSR count). The van der Waals surface area contributed by atoms with E-state index in [0.717, 1.165) is 37.0 Å². The van der Waals surface area contributed by atoms with Crippen molar-refractivity contribution in [2.75, 3.05) is 0 Å². The summed E-state index contributed by atoms with van der Waals surface area (Å²) in [6, 6.07) is 9.89. The zero-order valence-electron chi connectivity index (χ0n) is 20.0. The van der Waals surface area contributed by atoms with E-state index >= 15 is 0 Å². The van der Waals surface area contributed by atoms with Gasteiger partial charge in [-0.1, -0.05) is 83.5 Å². The molecule has 0 saturated heterocycles. The molecule has 0 spiro atoms. The minimum Gasteiger partial charge on any atom is -0.546 e. The van der Waals surface area contributed by atoms with Crippen LogP contribution in [-0.4, -0.2) is 14.1 Å². The Kier molecular flexibility index (Phi) is 6.81. The van der Waals surface area contributed by atoms with E-state index < -0.39 is 8.32 Å². The lowest BCUT2D eigenvalue weighted by molar-refractivity contribution is 0.0600. The van der Waals surface area contributed by atoms with Gasteiger partial charge >= 0.3 is 0 Å². The number of benzene rings is 1. The number of Topliss-reactive ketones (excluding diaryl/α,β-unsaturated/α-hetero) is 1. The highest BCUT2D eigenvalue weighted by Gasteiger charge is 2.51. The number of hydrogen-bond acceptors (Lipinski definition) is 2. The molecule has 2 atom stereocenters. The zero-order chi connectivity index (χ0) is 22.1. The first-order chi connectivity index (χ1) is 14.1. The third-order valence-electron chi connectivity index (χ3n) is 7.81. The summed E-state index contributed by atoms with van der Waals surface area (Å²) in [7, 11) is -1.97. The average molecular weight is 425 g/mol. The summed E-state index contributed by atoms with van der Waals surface area (Å²) in [5.41, 5.74) is 3.63. The van der Waals surface area contributed by atoms with Crippen molar-refractivity contribution in [2.45, 2.75) is 90.8 Å². The molecule has 2 nitrogen and oxygen atoms in total. The number of rotatable bonds is 7. The summed E-state index contributed by atoms with van der Waals surface area (Å²) in [6.45, 7) is 16.3. The van der Waals surface area contributed by atoms with Gasteiger partial charge in [0.05, 0.1) is 5.76 Å². The molecule has 0 radical (unpaired) electrons. The Bertz CT molecular complexity index is 797. The predicted octanol–water partition coefficient (Wildman–Crippen LogP) is 8.08. The molecule has 0 amide bonds. The first kappa shape index (κ1) is 23.1. The van der Waals surface area contributed by atoms with Crippen LogP contribution in [0.3, 0.4) is 0 Å². The Hall–Kier alpha value is -1.61. The van der Waals surface area contributed by atoms with E-state index in [1.165, 1.54) is 5.57 Å². The van der Waals surface area contributed by atoms with Crippen LogP contribution >= 0.6 is 0 Å². The Labute approximate surface area is 184 Å². The van der Waals surface area contributed by atoms with E-state index in [9.17, 15) is 4.79 Å². The lowest BCUT2D eigenvalue weighted by Gasteiger charge is -2.48. The molecule has 2 unspecified atom stereocenters. The van der Waals surface area contributed by atoms with Gasteiger partial charge in [-0.05, 0) is 54.8 Å². The lowest BCUT2D eigenvalue weighted by atomic mass is 9.58. The van der Waals surface area contributed by atoms with E-state index in [-0.39, 0.29) is 5.41 Å². The molecule has 0 saturated carbocycles. The van der Waals surface area contributed by atoms with E-state index in [0.29, 0.717) is 28.3 Å². The molecule has 1 aromatic carbocycles. The predicted molar refractivity (Wildman–Crippen MR) is 129 cm³/mol. The fourth-order valence-corrected chi connectivity index (χ4v) is 11.6. The number of carbonyl (C=O) groups excluding carboxylic acids is 1. The fraction of sp³-hybridized carbons (Fsp3) is 0.593. The van der Waals surface area contributed by atoms with Gasteiger partial charge in [0.2, 0.25) is 0 Å². The van der Waals surface area contributed by atoms with E-state index in [1.807, 2.05) is 30.3 Å². The summed E-state index contributed by atoms with van der Waals surface area (Å²) in [5.74, 6) is 1.80. The van der Waals surface area contributed by atoms with Gasteiger partial charge in [0.1, 0.15) is 0 Å². The van der Waals surface area contributed by atoms with Crippen LogP contribution in [0.4, 0.5) is 0 Å².